The molecule has 0 spiro atoms. The molecule has 1 fully saturated rings. The minimum atomic E-state index is -0.531. The molecule has 1 atom stereocenters. The summed E-state index contributed by atoms with van der Waals surface area (Å²) in [6, 6.07) is 4.42. The lowest BCUT2D eigenvalue weighted by Crippen LogP contribution is -2.40. The smallest absolute Gasteiger partial charge is 0.260 e. The second-order valence-corrected chi connectivity index (χ2v) is 5.60. The average Bonchev–Trinajstić information content (AvgIpc) is 2.37. The molecule has 0 aromatic heterocycles. The third-order valence-electron chi connectivity index (χ3n) is 3.06. The first-order valence-electron chi connectivity index (χ1n) is 5.89. The zero-order valence-electron chi connectivity index (χ0n) is 10.2. The van der Waals surface area contributed by atoms with Crippen molar-refractivity contribution < 1.29 is 13.9 Å². The first-order valence-corrected chi connectivity index (χ1v) is 6.81. The highest BCUT2D eigenvalue weighted by Crippen LogP contribution is 2.25. The number of ether oxygens (including phenoxy) is 1. The quantitative estimate of drug-likeness (QED) is 0.785. The Morgan fingerprint density at radius 2 is 2.33 bits per heavy atom. The fourth-order valence-electron chi connectivity index (χ4n) is 2.15. The molecule has 1 aromatic rings. The van der Waals surface area contributed by atoms with E-state index in [2.05, 4.69) is 15.9 Å². The predicted molar refractivity (Wildman–Crippen MR) is 70.8 cm³/mol. The third kappa shape index (κ3) is 2.66. The van der Waals surface area contributed by atoms with Crippen LogP contribution >= 0.6 is 15.9 Å². The summed E-state index contributed by atoms with van der Waals surface area (Å²) >= 11 is 3.50. The molecular weight excluding hydrogens is 301 g/mol. The van der Waals surface area contributed by atoms with Crippen molar-refractivity contribution in [2.45, 2.75) is 17.7 Å². The Morgan fingerprint density at radius 3 is 3.00 bits per heavy atom. The molecule has 18 heavy (non-hydrogen) atoms. The van der Waals surface area contributed by atoms with Crippen molar-refractivity contribution in [3.05, 3.63) is 29.6 Å². The minimum absolute atomic E-state index is 0.0293. The summed E-state index contributed by atoms with van der Waals surface area (Å²) in [5.74, 6) is -0.540. The van der Waals surface area contributed by atoms with Crippen LogP contribution in [0.25, 0.3) is 0 Å². The number of carbonyl (C=O) groups excluding carboxylic acids is 1. The van der Waals surface area contributed by atoms with Crippen molar-refractivity contribution in [3.8, 4) is 5.75 Å². The summed E-state index contributed by atoms with van der Waals surface area (Å²) in [7, 11) is 1.44. The van der Waals surface area contributed by atoms with Crippen LogP contribution in [0.2, 0.25) is 0 Å². The molecule has 1 heterocycles. The Balaban J connectivity index is 2.28. The van der Waals surface area contributed by atoms with E-state index in [1.54, 1.807) is 11.0 Å². The molecule has 0 bridgehead atoms. The number of alkyl halides is 1. The van der Waals surface area contributed by atoms with Crippen LogP contribution in [0, 0.1) is 5.82 Å². The molecule has 1 unspecified atom stereocenters. The van der Waals surface area contributed by atoms with E-state index in [0.29, 0.717) is 13.1 Å². The molecule has 0 saturated carbocycles. The number of methoxy groups -OCH3 is 1. The fraction of sp³-hybridized carbons (Fsp3) is 0.462. The van der Waals surface area contributed by atoms with E-state index >= 15 is 0 Å². The zero-order chi connectivity index (χ0) is 13.1. The number of piperidine rings is 1. The van der Waals surface area contributed by atoms with Crippen LogP contribution in [-0.2, 0) is 0 Å². The van der Waals surface area contributed by atoms with Crippen LogP contribution < -0.4 is 4.74 Å². The van der Waals surface area contributed by atoms with Gasteiger partial charge in [-0.1, -0.05) is 22.0 Å². The first kappa shape index (κ1) is 13.3. The molecule has 1 amide bonds. The molecule has 1 aromatic carbocycles. The zero-order valence-corrected chi connectivity index (χ0v) is 11.7. The van der Waals surface area contributed by atoms with Gasteiger partial charge in [0.2, 0.25) is 0 Å². The van der Waals surface area contributed by atoms with E-state index in [1.807, 2.05) is 0 Å². The Kier molecular flexibility index (Phi) is 4.22. The van der Waals surface area contributed by atoms with Gasteiger partial charge in [0.1, 0.15) is 17.1 Å². The molecule has 3 nitrogen and oxygen atoms in total. The summed E-state index contributed by atoms with van der Waals surface area (Å²) in [6.45, 7) is 1.27. The molecule has 1 aliphatic heterocycles. The van der Waals surface area contributed by atoms with Crippen molar-refractivity contribution in [1.29, 1.82) is 0 Å². The Morgan fingerprint density at radius 1 is 1.56 bits per heavy atom. The monoisotopic (exact) mass is 315 g/mol. The van der Waals surface area contributed by atoms with Gasteiger partial charge in [0, 0.05) is 17.9 Å². The summed E-state index contributed by atoms with van der Waals surface area (Å²) in [5, 5.41) is 0. The lowest BCUT2D eigenvalue weighted by molar-refractivity contribution is 0.0721. The van der Waals surface area contributed by atoms with E-state index in [4.69, 9.17) is 4.74 Å². The topological polar surface area (TPSA) is 29.5 Å². The molecule has 1 saturated heterocycles. The van der Waals surface area contributed by atoms with Gasteiger partial charge in [-0.15, -0.1) is 0 Å². The Hall–Kier alpha value is -1.10. The number of halogens is 2. The van der Waals surface area contributed by atoms with Crippen LogP contribution in [0.4, 0.5) is 4.39 Å². The van der Waals surface area contributed by atoms with Crippen LogP contribution in [0.15, 0.2) is 18.2 Å². The standard InChI is InChI=1S/C13H15BrFNO2/c1-18-11-6-2-5-10(15)12(11)13(17)16-7-3-4-9(14)8-16/h2,5-6,9H,3-4,7-8H2,1H3. The summed E-state index contributed by atoms with van der Waals surface area (Å²) in [6.07, 6.45) is 1.97. The maximum absolute atomic E-state index is 13.8. The van der Waals surface area contributed by atoms with Gasteiger partial charge in [-0.25, -0.2) is 4.39 Å². The van der Waals surface area contributed by atoms with Crippen molar-refractivity contribution in [2.24, 2.45) is 0 Å². The lowest BCUT2D eigenvalue weighted by atomic mass is 10.1. The number of benzene rings is 1. The van der Waals surface area contributed by atoms with Crippen LogP contribution in [0.3, 0.4) is 0 Å². The number of hydrogen-bond donors (Lipinski definition) is 0. The van der Waals surface area contributed by atoms with Gasteiger partial charge in [0.15, 0.2) is 0 Å². The summed E-state index contributed by atoms with van der Waals surface area (Å²) in [5.41, 5.74) is 0.0293. The Bertz CT molecular complexity index is 453. The van der Waals surface area contributed by atoms with Crippen LogP contribution in [0.5, 0.6) is 5.75 Å². The van der Waals surface area contributed by atoms with Gasteiger partial charge in [-0.3, -0.25) is 4.79 Å². The van der Waals surface area contributed by atoms with E-state index in [1.165, 1.54) is 19.2 Å². The van der Waals surface area contributed by atoms with Gasteiger partial charge in [0.25, 0.3) is 5.91 Å². The average molecular weight is 316 g/mol. The number of nitrogens with zero attached hydrogens (tertiary/aromatic N) is 1. The van der Waals surface area contributed by atoms with E-state index in [9.17, 15) is 9.18 Å². The number of rotatable bonds is 2. The second-order valence-electron chi connectivity index (χ2n) is 4.31. The molecule has 0 N–H and O–H groups in total. The largest absolute Gasteiger partial charge is 0.496 e. The Labute approximate surface area is 114 Å². The van der Waals surface area contributed by atoms with E-state index < -0.39 is 5.82 Å². The summed E-state index contributed by atoms with van der Waals surface area (Å²) in [4.78, 5) is 14.3. The van der Waals surface area contributed by atoms with E-state index in [0.717, 1.165) is 12.8 Å². The van der Waals surface area contributed by atoms with Gasteiger partial charge in [-0.05, 0) is 25.0 Å². The molecule has 2 rings (SSSR count). The molecule has 5 heteroatoms. The molecule has 98 valence electrons. The maximum atomic E-state index is 13.8. The highest BCUT2D eigenvalue weighted by molar-refractivity contribution is 9.09. The van der Waals surface area contributed by atoms with Crippen molar-refractivity contribution in [2.75, 3.05) is 20.2 Å². The van der Waals surface area contributed by atoms with Gasteiger partial charge < -0.3 is 9.64 Å². The molecular formula is C13H15BrFNO2. The second kappa shape index (κ2) is 5.69. The molecule has 1 aliphatic rings. The fourth-order valence-corrected chi connectivity index (χ4v) is 2.82. The van der Waals surface area contributed by atoms with Crippen LogP contribution in [-0.4, -0.2) is 35.8 Å². The normalized spacial score (nSPS) is 19.7. The molecule has 0 radical (unpaired) electrons. The number of amides is 1. The third-order valence-corrected chi connectivity index (χ3v) is 3.81. The molecule has 0 aliphatic carbocycles. The first-order chi connectivity index (χ1) is 8.63. The van der Waals surface area contributed by atoms with Gasteiger partial charge >= 0.3 is 0 Å². The van der Waals surface area contributed by atoms with Crippen molar-refractivity contribution in [1.82, 2.24) is 4.90 Å². The summed E-state index contributed by atoms with van der Waals surface area (Å²) < 4.78 is 18.9. The highest BCUT2D eigenvalue weighted by atomic mass is 79.9. The predicted octanol–water partition coefficient (Wildman–Crippen LogP) is 2.83. The van der Waals surface area contributed by atoms with Gasteiger partial charge in [0.05, 0.1) is 7.11 Å². The van der Waals surface area contributed by atoms with Crippen molar-refractivity contribution in [3.63, 3.8) is 0 Å². The highest BCUT2D eigenvalue weighted by Gasteiger charge is 2.27. The minimum Gasteiger partial charge on any atom is -0.496 e. The van der Waals surface area contributed by atoms with Crippen LogP contribution in [0.1, 0.15) is 23.2 Å². The number of likely N-dealkylation sites (tertiary alicyclic amines) is 1. The number of hydrogen-bond acceptors (Lipinski definition) is 2. The maximum Gasteiger partial charge on any atom is 0.260 e. The van der Waals surface area contributed by atoms with Crippen molar-refractivity contribution >= 4 is 21.8 Å². The van der Waals surface area contributed by atoms with E-state index in [-0.39, 0.29) is 22.0 Å². The SMILES string of the molecule is COc1cccc(F)c1C(=O)N1CCCC(Br)C1. The lowest BCUT2D eigenvalue weighted by Gasteiger charge is -2.30. The number of carbonyl (C=O) groups is 1. The van der Waals surface area contributed by atoms with Gasteiger partial charge in [-0.2, -0.15) is 0 Å².